The lowest BCUT2D eigenvalue weighted by molar-refractivity contribution is -0.226. The molecule has 0 saturated carbocycles. The summed E-state index contributed by atoms with van der Waals surface area (Å²) in [6, 6.07) is -0.912. The third-order valence-corrected chi connectivity index (χ3v) is 9.82. The minimum absolute atomic E-state index is 0.00684. The van der Waals surface area contributed by atoms with Crippen molar-refractivity contribution in [2.75, 3.05) is 13.2 Å². The maximum absolute atomic E-state index is 13.4. The first-order valence-electron chi connectivity index (χ1n) is 19.6. The molecule has 7 nitrogen and oxygen atoms in total. The second kappa shape index (κ2) is 29.4. The Kier molecular flexibility index (Phi) is 27.6. The maximum Gasteiger partial charge on any atom is 0.224 e. The summed E-state index contributed by atoms with van der Waals surface area (Å²) < 4.78 is 5.92. The molecule has 1 amide bonds. The van der Waals surface area contributed by atoms with E-state index in [4.69, 9.17) is 10.5 Å². The molecule has 5 atom stereocenters. The van der Waals surface area contributed by atoms with Crippen molar-refractivity contribution < 1.29 is 24.9 Å². The Morgan fingerprint density at radius 2 is 0.933 bits per heavy atom. The van der Waals surface area contributed by atoms with Crippen LogP contribution in [0.2, 0.25) is 0 Å². The predicted molar refractivity (Wildman–Crippen MR) is 188 cm³/mol. The summed E-state index contributed by atoms with van der Waals surface area (Å²) in [5.74, 6) is -0.00684. The lowest BCUT2D eigenvalue weighted by atomic mass is 9.95. The molecular weight excluding hydrogens is 564 g/mol. The van der Waals surface area contributed by atoms with E-state index in [1.54, 1.807) is 4.90 Å². The number of aliphatic hydroxyl groups is 3. The standard InChI is InChI=1S/C38H76N2O5/c1-3-5-7-9-11-13-15-16-17-18-19-21-23-25-27-29-31-40(38-35(39)37(44)36(43)33(32-41)45-38)34(42)30-28-26-24-22-20-14-12-10-8-6-4-2/h33,35-38,41,43-44H,3-32,39H2,1-2H3/t33-,35-,36-,37-,38-/m1/s1. The van der Waals surface area contributed by atoms with E-state index in [9.17, 15) is 20.1 Å². The smallest absolute Gasteiger partial charge is 0.224 e. The van der Waals surface area contributed by atoms with E-state index in [2.05, 4.69) is 13.8 Å². The maximum atomic E-state index is 13.4. The van der Waals surface area contributed by atoms with E-state index < -0.39 is 37.2 Å². The van der Waals surface area contributed by atoms with E-state index in [0.29, 0.717) is 13.0 Å². The molecule has 1 fully saturated rings. The van der Waals surface area contributed by atoms with Gasteiger partial charge in [-0.25, -0.2) is 0 Å². The van der Waals surface area contributed by atoms with Crippen LogP contribution in [0.4, 0.5) is 0 Å². The van der Waals surface area contributed by atoms with Crippen molar-refractivity contribution in [3.05, 3.63) is 0 Å². The zero-order chi connectivity index (χ0) is 33.0. The minimum Gasteiger partial charge on any atom is -0.394 e. The van der Waals surface area contributed by atoms with Crippen molar-refractivity contribution in [2.24, 2.45) is 5.73 Å². The number of carbonyl (C=O) groups excluding carboxylic acids is 1. The van der Waals surface area contributed by atoms with Crippen LogP contribution in [0.25, 0.3) is 0 Å². The molecule has 0 radical (unpaired) electrons. The minimum atomic E-state index is -1.26. The first-order chi connectivity index (χ1) is 22.0. The van der Waals surface area contributed by atoms with E-state index >= 15 is 0 Å². The Morgan fingerprint density at radius 1 is 0.578 bits per heavy atom. The van der Waals surface area contributed by atoms with Crippen molar-refractivity contribution in [1.82, 2.24) is 4.90 Å². The number of nitrogens with zero attached hydrogens (tertiary/aromatic N) is 1. The summed E-state index contributed by atoms with van der Waals surface area (Å²) in [7, 11) is 0. The molecule has 1 rings (SSSR count). The van der Waals surface area contributed by atoms with Crippen LogP contribution in [0.5, 0.6) is 0 Å². The highest BCUT2D eigenvalue weighted by molar-refractivity contribution is 5.76. The Labute approximate surface area is 278 Å². The number of ether oxygens (including phenoxy) is 1. The van der Waals surface area contributed by atoms with Crippen molar-refractivity contribution in [3.8, 4) is 0 Å². The van der Waals surface area contributed by atoms with Crippen LogP contribution in [-0.4, -0.2) is 69.9 Å². The van der Waals surface area contributed by atoms with Gasteiger partial charge in [0.25, 0.3) is 0 Å². The van der Waals surface area contributed by atoms with Gasteiger partial charge in [-0.2, -0.15) is 0 Å². The third-order valence-electron chi connectivity index (χ3n) is 9.82. The molecule has 7 heteroatoms. The van der Waals surface area contributed by atoms with E-state index in [-0.39, 0.29) is 5.91 Å². The molecule has 45 heavy (non-hydrogen) atoms. The normalized spacial score (nSPS) is 21.8. The van der Waals surface area contributed by atoms with Gasteiger partial charge in [0.1, 0.15) is 18.3 Å². The van der Waals surface area contributed by atoms with E-state index in [0.717, 1.165) is 38.5 Å². The summed E-state index contributed by atoms with van der Waals surface area (Å²) in [4.78, 5) is 15.1. The molecule has 1 heterocycles. The first-order valence-corrected chi connectivity index (χ1v) is 19.6. The van der Waals surface area contributed by atoms with Gasteiger partial charge in [0.15, 0.2) is 6.23 Å². The molecule has 0 spiro atoms. The van der Waals surface area contributed by atoms with Gasteiger partial charge in [-0.3, -0.25) is 4.79 Å². The van der Waals surface area contributed by atoms with Gasteiger partial charge in [-0.15, -0.1) is 0 Å². The van der Waals surface area contributed by atoms with Gasteiger partial charge < -0.3 is 30.7 Å². The molecule has 1 aliphatic rings. The number of aliphatic hydroxyl groups excluding tert-OH is 3. The number of hydrogen-bond donors (Lipinski definition) is 4. The highest BCUT2D eigenvalue weighted by Gasteiger charge is 2.45. The lowest BCUT2D eigenvalue weighted by Gasteiger charge is -2.45. The van der Waals surface area contributed by atoms with Gasteiger partial charge in [-0.05, 0) is 12.8 Å². The quantitative estimate of drug-likeness (QED) is 0.0565. The fourth-order valence-electron chi connectivity index (χ4n) is 6.71. The van der Waals surface area contributed by atoms with Gasteiger partial charge in [0.2, 0.25) is 5.91 Å². The van der Waals surface area contributed by atoms with Crippen molar-refractivity contribution in [2.45, 2.75) is 224 Å². The largest absolute Gasteiger partial charge is 0.394 e. The molecule has 268 valence electrons. The van der Waals surface area contributed by atoms with Crippen molar-refractivity contribution in [1.29, 1.82) is 0 Å². The summed E-state index contributed by atoms with van der Waals surface area (Å²) >= 11 is 0. The zero-order valence-corrected chi connectivity index (χ0v) is 29.8. The van der Waals surface area contributed by atoms with Crippen molar-refractivity contribution >= 4 is 5.91 Å². The number of nitrogens with two attached hydrogens (primary N) is 1. The Bertz CT molecular complexity index is 664. The van der Waals surface area contributed by atoms with Gasteiger partial charge >= 0.3 is 0 Å². The molecule has 0 unspecified atom stereocenters. The van der Waals surface area contributed by atoms with E-state index in [1.165, 1.54) is 135 Å². The van der Waals surface area contributed by atoms with E-state index in [1.807, 2.05) is 0 Å². The van der Waals surface area contributed by atoms with Crippen LogP contribution in [0.1, 0.15) is 194 Å². The highest BCUT2D eigenvalue weighted by Crippen LogP contribution is 2.24. The Balaban J connectivity index is 2.32. The lowest BCUT2D eigenvalue weighted by Crippen LogP contribution is -2.67. The number of hydrogen-bond acceptors (Lipinski definition) is 6. The molecule has 0 aromatic carbocycles. The highest BCUT2D eigenvalue weighted by atomic mass is 16.5. The number of amides is 1. The molecular formula is C38H76N2O5. The van der Waals surface area contributed by atoms with Crippen LogP contribution in [-0.2, 0) is 9.53 Å². The molecule has 1 saturated heterocycles. The van der Waals surface area contributed by atoms with Crippen LogP contribution in [0, 0.1) is 0 Å². The Morgan fingerprint density at radius 3 is 1.31 bits per heavy atom. The summed E-state index contributed by atoms with van der Waals surface area (Å²) in [6.45, 7) is 4.62. The van der Waals surface area contributed by atoms with Crippen LogP contribution < -0.4 is 5.73 Å². The van der Waals surface area contributed by atoms with Crippen LogP contribution in [0.3, 0.4) is 0 Å². The SMILES string of the molecule is CCCCCCCCCCCCCCCCCCN(C(=O)CCCCCCCCCCCCC)[C@@H]1O[C@H](CO)[C@@H](O)[C@H](O)[C@H]1N. The average molecular weight is 641 g/mol. The number of carbonyl (C=O) groups is 1. The van der Waals surface area contributed by atoms with Crippen LogP contribution >= 0.6 is 0 Å². The predicted octanol–water partition coefficient (Wildman–Crippen LogP) is 8.54. The molecule has 0 bridgehead atoms. The first kappa shape index (κ1) is 42.3. The number of rotatable bonds is 31. The summed E-state index contributed by atoms with van der Waals surface area (Å²) in [5.41, 5.74) is 6.28. The molecule has 1 aliphatic heterocycles. The summed E-state index contributed by atoms with van der Waals surface area (Å²) in [6.07, 6.45) is 30.3. The van der Waals surface area contributed by atoms with Gasteiger partial charge in [0, 0.05) is 13.0 Å². The molecule has 0 aromatic rings. The molecule has 0 aromatic heterocycles. The number of unbranched alkanes of at least 4 members (excludes halogenated alkanes) is 25. The average Bonchev–Trinajstić information content (AvgIpc) is 3.04. The third kappa shape index (κ3) is 20.3. The fourth-order valence-corrected chi connectivity index (χ4v) is 6.71. The summed E-state index contributed by atoms with van der Waals surface area (Å²) in [5, 5.41) is 30.5. The zero-order valence-electron chi connectivity index (χ0n) is 29.8. The monoisotopic (exact) mass is 641 g/mol. The fraction of sp³-hybridized carbons (Fsp3) is 0.974. The van der Waals surface area contributed by atoms with Crippen LogP contribution in [0.15, 0.2) is 0 Å². The molecule has 0 aliphatic carbocycles. The second-order valence-electron chi connectivity index (χ2n) is 14.0. The molecule has 5 N–H and O–H groups in total. The Hall–Kier alpha value is -0.730. The van der Waals surface area contributed by atoms with Gasteiger partial charge in [0.05, 0.1) is 12.6 Å². The topological polar surface area (TPSA) is 116 Å². The van der Waals surface area contributed by atoms with Gasteiger partial charge in [-0.1, -0.05) is 174 Å². The van der Waals surface area contributed by atoms with Crippen molar-refractivity contribution in [3.63, 3.8) is 0 Å². The second-order valence-corrected chi connectivity index (χ2v) is 14.0.